The van der Waals surface area contributed by atoms with E-state index in [1.165, 1.54) is 6.20 Å². The lowest BCUT2D eigenvalue weighted by molar-refractivity contribution is 1.15. The summed E-state index contributed by atoms with van der Waals surface area (Å²) in [6.07, 6.45) is 3.34. The Morgan fingerprint density at radius 3 is 2.63 bits per heavy atom. The summed E-state index contributed by atoms with van der Waals surface area (Å²) in [5.41, 5.74) is 9.45. The van der Waals surface area contributed by atoms with Crippen molar-refractivity contribution in [3.05, 3.63) is 70.6 Å². The standard InChI is InChI=1S/C19H15ClN6S/c20-16-10-23-19(26-18(16)24-15-3-1-2-14(21)8-15)25-17-5-4-12(9-22-17)13-6-7-27-11-13/h1-11H,21H2,(H2,22,23,24,25,26). The van der Waals surface area contributed by atoms with Gasteiger partial charge >= 0.3 is 0 Å². The first-order chi connectivity index (χ1) is 13.2. The maximum Gasteiger partial charge on any atom is 0.230 e. The van der Waals surface area contributed by atoms with Crippen molar-refractivity contribution in [1.29, 1.82) is 0 Å². The molecule has 0 bridgehead atoms. The van der Waals surface area contributed by atoms with Crippen molar-refractivity contribution in [2.24, 2.45) is 0 Å². The molecule has 27 heavy (non-hydrogen) atoms. The van der Waals surface area contributed by atoms with Crippen molar-refractivity contribution in [2.45, 2.75) is 0 Å². The maximum atomic E-state index is 6.21. The molecule has 4 aromatic rings. The van der Waals surface area contributed by atoms with Crippen LogP contribution in [0.2, 0.25) is 5.02 Å². The fourth-order valence-corrected chi connectivity index (χ4v) is 3.25. The third-order valence-corrected chi connectivity index (χ3v) is 4.71. The summed E-state index contributed by atoms with van der Waals surface area (Å²) >= 11 is 7.86. The van der Waals surface area contributed by atoms with Crippen molar-refractivity contribution in [3.8, 4) is 11.1 Å². The molecule has 0 radical (unpaired) electrons. The summed E-state index contributed by atoms with van der Waals surface area (Å²) in [5, 5.41) is 10.8. The Hall–Kier alpha value is -3.16. The van der Waals surface area contributed by atoms with Crippen LogP contribution in [-0.2, 0) is 0 Å². The molecule has 0 aliphatic heterocycles. The summed E-state index contributed by atoms with van der Waals surface area (Å²) in [5.74, 6) is 1.52. The third-order valence-electron chi connectivity index (χ3n) is 3.75. The van der Waals surface area contributed by atoms with E-state index in [0.29, 0.717) is 28.3 Å². The van der Waals surface area contributed by atoms with E-state index in [1.54, 1.807) is 17.4 Å². The lowest BCUT2D eigenvalue weighted by Gasteiger charge is -2.10. The number of hydrogen-bond donors (Lipinski definition) is 3. The molecule has 4 N–H and O–H groups in total. The molecule has 0 saturated heterocycles. The minimum atomic E-state index is 0.390. The molecule has 0 aliphatic carbocycles. The molecular weight excluding hydrogens is 380 g/mol. The van der Waals surface area contributed by atoms with Crippen molar-refractivity contribution in [2.75, 3.05) is 16.4 Å². The monoisotopic (exact) mass is 394 g/mol. The Labute approximate surface area is 165 Å². The summed E-state index contributed by atoms with van der Waals surface area (Å²) in [6.45, 7) is 0. The zero-order valence-corrected chi connectivity index (χ0v) is 15.6. The van der Waals surface area contributed by atoms with Gasteiger partial charge in [-0.2, -0.15) is 16.3 Å². The number of rotatable bonds is 5. The average molecular weight is 395 g/mol. The van der Waals surface area contributed by atoms with E-state index in [4.69, 9.17) is 17.3 Å². The Morgan fingerprint density at radius 2 is 1.89 bits per heavy atom. The number of benzene rings is 1. The van der Waals surface area contributed by atoms with Gasteiger partial charge in [-0.25, -0.2) is 9.97 Å². The van der Waals surface area contributed by atoms with Crippen LogP contribution in [0.1, 0.15) is 0 Å². The van der Waals surface area contributed by atoms with Gasteiger partial charge in [-0.05, 0) is 52.7 Å². The first-order valence-corrected chi connectivity index (χ1v) is 9.40. The van der Waals surface area contributed by atoms with E-state index in [2.05, 4.69) is 37.0 Å². The maximum absolute atomic E-state index is 6.21. The SMILES string of the molecule is Nc1cccc(Nc2nc(Nc3ccc(-c4ccsc4)cn3)ncc2Cl)c1. The van der Waals surface area contributed by atoms with Crippen LogP contribution in [0.4, 0.5) is 29.0 Å². The highest BCUT2D eigenvalue weighted by atomic mass is 35.5. The number of pyridine rings is 1. The Bertz CT molecular complexity index is 1050. The van der Waals surface area contributed by atoms with Crippen molar-refractivity contribution in [1.82, 2.24) is 15.0 Å². The molecule has 0 saturated carbocycles. The number of thiophene rings is 1. The molecule has 0 amide bonds. The zero-order chi connectivity index (χ0) is 18.6. The fourth-order valence-electron chi connectivity index (χ4n) is 2.45. The number of nitrogens with one attached hydrogen (secondary N) is 2. The van der Waals surface area contributed by atoms with Gasteiger partial charge in [0.15, 0.2) is 5.82 Å². The van der Waals surface area contributed by atoms with Crippen LogP contribution in [0.15, 0.2) is 65.6 Å². The number of aromatic nitrogens is 3. The first kappa shape index (κ1) is 17.3. The van der Waals surface area contributed by atoms with Crippen LogP contribution >= 0.6 is 22.9 Å². The quantitative estimate of drug-likeness (QED) is 0.397. The van der Waals surface area contributed by atoms with Gasteiger partial charge in [0, 0.05) is 23.1 Å². The molecule has 0 atom stereocenters. The average Bonchev–Trinajstić information content (AvgIpc) is 3.20. The molecule has 6 nitrogen and oxygen atoms in total. The Morgan fingerprint density at radius 1 is 0.963 bits per heavy atom. The number of nitrogens with zero attached hydrogens (tertiary/aromatic N) is 3. The topological polar surface area (TPSA) is 88.8 Å². The summed E-state index contributed by atoms with van der Waals surface area (Å²) < 4.78 is 0. The third kappa shape index (κ3) is 4.16. The fraction of sp³-hybridized carbons (Fsp3) is 0. The van der Waals surface area contributed by atoms with E-state index in [-0.39, 0.29) is 0 Å². The normalized spacial score (nSPS) is 10.6. The first-order valence-electron chi connectivity index (χ1n) is 8.08. The van der Waals surface area contributed by atoms with E-state index in [9.17, 15) is 0 Å². The number of halogens is 1. The molecule has 1 aromatic carbocycles. The van der Waals surface area contributed by atoms with E-state index >= 15 is 0 Å². The van der Waals surface area contributed by atoms with Crippen LogP contribution < -0.4 is 16.4 Å². The van der Waals surface area contributed by atoms with E-state index < -0.39 is 0 Å². The van der Waals surface area contributed by atoms with Crippen LogP contribution in [0, 0.1) is 0 Å². The molecule has 8 heteroatoms. The van der Waals surface area contributed by atoms with Gasteiger partial charge in [-0.15, -0.1) is 0 Å². The second-order valence-corrected chi connectivity index (χ2v) is 6.90. The van der Waals surface area contributed by atoms with Crippen LogP contribution in [0.25, 0.3) is 11.1 Å². The number of anilines is 5. The minimum Gasteiger partial charge on any atom is -0.399 e. The van der Waals surface area contributed by atoms with Gasteiger partial charge in [0.2, 0.25) is 5.95 Å². The van der Waals surface area contributed by atoms with Crippen LogP contribution in [0.3, 0.4) is 0 Å². The van der Waals surface area contributed by atoms with Crippen LogP contribution in [-0.4, -0.2) is 15.0 Å². The molecule has 134 valence electrons. The van der Waals surface area contributed by atoms with Crippen molar-refractivity contribution < 1.29 is 0 Å². The van der Waals surface area contributed by atoms with Gasteiger partial charge in [-0.3, -0.25) is 0 Å². The lowest BCUT2D eigenvalue weighted by atomic mass is 10.1. The number of hydrogen-bond acceptors (Lipinski definition) is 7. The lowest BCUT2D eigenvalue weighted by Crippen LogP contribution is -2.02. The van der Waals surface area contributed by atoms with E-state index in [1.807, 2.05) is 41.9 Å². The molecule has 4 rings (SSSR count). The molecule has 0 spiro atoms. The highest BCUT2D eigenvalue weighted by Crippen LogP contribution is 2.26. The van der Waals surface area contributed by atoms with E-state index in [0.717, 1.165) is 16.8 Å². The molecule has 0 fully saturated rings. The van der Waals surface area contributed by atoms with Crippen LogP contribution in [0.5, 0.6) is 0 Å². The molecule has 3 aromatic heterocycles. The predicted molar refractivity (Wildman–Crippen MR) is 112 cm³/mol. The van der Waals surface area contributed by atoms with Gasteiger partial charge in [0.05, 0.1) is 6.20 Å². The Kier molecular flexibility index (Phi) is 4.86. The van der Waals surface area contributed by atoms with Crippen molar-refractivity contribution in [3.63, 3.8) is 0 Å². The highest BCUT2D eigenvalue weighted by Gasteiger charge is 2.08. The molecule has 3 heterocycles. The number of nitrogens with two attached hydrogens (primary N) is 1. The second-order valence-electron chi connectivity index (χ2n) is 5.71. The van der Waals surface area contributed by atoms with Gasteiger partial charge in [0.1, 0.15) is 10.8 Å². The molecule has 0 aliphatic rings. The molecule has 0 unspecified atom stereocenters. The zero-order valence-electron chi connectivity index (χ0n) is 14.1. The second kappa shape index (κ2) is 7.61. The Balaban J connectivity index is 1.52. The summed E-state index contributed by atoms with van der Waals surface area (Å²) in [7, 11) is 0. The molecular formula is C19H15ClN6S. The summed E-state index contributed by atoms with van der Waals surface area (Å²) in [4.78, 5) is 13.1. The summed E-state index contributed by atoms with van der Waals surface area (Å²) in [6, 6.07) is 13.3. The van der Waals surface area contributed by atoms with Crippen molar-refractivity contribution >= 4 is 51.9 Å². The highest BCUT2D eigenvalue weighted by molar-refractivity contribution is 7.08. The van der Waals surface area contributed by atoms with Gasteiger partial charge < -0.3 is 16.4 Å². The largest absolute Gasteiger partial charge is 0.399 e. The van der Waals surface area contributed by atoms with Gasteiger partial charge in [0.25, 0.3) is 0 Å². The number of nitrogen functional groups attached to an aromatic ring is 1. The smallest absolute Gasteiger partial charge is 0.230 e. The minimum absolute atomic E-state index is 0.390. The van der Waals surface area contributed by atoms with Gasteiger partial charge in [-0.1, -0.05) is 17.7 Å². The predicted octanol–water partition coefficient (Wildman–Crippen LogP) is 5.32.